The van der Waals surface area contributed by atoms with Gasteiger partial charge in [0.25, 0.3) is 5.91 Å². The summed E-state index contributed by atoms with van der Waals surface area (Å²) in [6.45, 7) is 6.45. The van der Waals surface area contributed by atoms with Crippen LogP contribution in [0, 0.1) is 5.82 Å². The van der Waals surface area contributed by atoms with Crippen molar-refractivity contribution in [3.8, 4) is 0 Å². The zero-order valence-corrected chi connectivity index (χ0v) is 15.8. The fourth-order valence-electron chi connectivity index (χ4n) is 3.36. The quantitative estimate of drug-likeness (QED) is 0.872. The van der Waals surface area contributed by atoms with Crippen LogP contribution in [0.15, 0.2) is 24.3 Å². The van der Waals surface area contributed by atoms with E-state index in [2.05, 4.69) is 4.98 Å². The Morgan fingerprint density at radius 3 is 2.70 bits per heavy atom. The van der Waals surface area contributed by atoms with E-state index in [0.717, 1.165) is 12.8 Å². The lowest BCUT2D eigenvalue weighted by molar-refractivity contribution is 0.0197. The molecule has 7 heteroatoms. The molecule has 1 aromatic heterocycles. The summed E-state index contributed by atoms with van der Waals surface area (Å²) in [4.78, 5) is 30.6. The number of aromatic nitrogens is 1. The van der Waals surface area contributed by atoms with Crippen molar-refractivity contribution in [1.82, 2.24) is 9.88 Å². The molecular weight excluding hydrogens is 349 g/mol. The van der Waals surface area contributed by atoms with Crippen molar-refractivity contribution >= 4 is 22.9 Å². The number of piperidine rings is 1. The highest BCUT2D eigenvalue weighted by Gasteiger charge is 2.31. The highest BCUT2D eigenvalue weighted by atomic mass is 19.1. The van der Waals surface area contributed by atoms with E-state index >= 15 is 0 Å². The minimum atomic E-state index is -0.613. The predicted molar refractivity (Wildman–Crippen MR) is 100 cm³/mol. The van der Waals surface area contributed by atoms with Crippen LogP contribution in [0.25, 0.3) is 10.9 Å². The largest absolute Gasteiger partial charge is 0.444 e. The van der Waals surface area contributed by atoms with Crippen LogP contribution in [0.3, 0.4) is 0 Å². The van der Waals surface area contributed by atoms with Crippen LogP contribution in [0.1, 0.15) is 55.6 Å². The highest BCUT2D eigenvalue weighted by molar-refractivity contribution is 5.97. The van der Waals surface area contributed by atoms with Crippen LogP contribution >= 0.6 is 0 Å². The number of ether oxygens (including phenoxy) is 1. The number of likely N-dealkylation sites (tertiary alicyclic amines) is 1. The van der Waals surface area contributed by atoms with Crippen molar-refractivity contribution in [1.29, 1.82) is 0 Å². The first-order chi connectivity index (χ1) is 12.6. The number of amides is 2. The Morgan fingerprint density at radius 1 is 1.30 bits per heavy atom. The molecule has 1 atom stereocenters. The number of primary amides is 1. The summed E-state index contributed by atoms with van der Waals surface area (Å²) >= 11 is 0. The first-order valence-electron chi connectivity index (χ1n) is 9.02. The van der Waals surface area contributed by atoms with E-state index in [1.807, 2.05) is 20.8 Å². The molecule has 2 N–H and O–H groups in total. The third-order valence-corrected chi connectivity index (χ3v) is 4.53. The molecule has 144 valence electrons. The second kappa shape index (κ2) is 7.13. The Hall–Kier alpha value is -2.70. The second-order valence-electron chi connectivity index (χ2n) is 7.89. The normalized spacial score (nSPS) is 17.8. The molecule has 1 fully saturated rings. The summed E-state index contributed by atoms with van der Waals surface area (Å²) in [5.74, 6) is -1.15. The number of hydrogen-bond donors (Lipinski definition) is 1. The Balaban J connectivity index is 1.93. The molecule has 6 nitrogen and oxygen atoms in total. The first-order valence-corrected chi connectivity index (χ1v) is 9.02. The Bertz CT molecular complexity index is 892. The molecule has 1 saturated heterocycles. The second-order valence-corrected chi connectivity index (χ2v) is 7.89. The molecule has 0 aliphatic carbocycles. The molecule has 0 bridgehead atoms. The van der Waals surface area contributed by atoms with Crippen LogP contribution in [-0.2, 0) is 4.74 Å². The van der Waals surface area contributed by atoms with E-state index in [4.69, 9.17) is 10.5 Å². The fraction of sp³-hybridized carbons (Fsp3) is 0.450. The van der Waals surface area contributed by atoms with E-state index in [9.17, 15) is 14.0 Å². The van der Waals surface area contributed by atoms with Crippen LogP contribution < -0.4 is 5.73 Å². The summed E-state index contributed by atoms with van der Waals surface area (Å²) in [5.41, 5.74) is 6.38. The molecule has 27 heavy (non-hydrogen) atoms. The lowest BCUT2D eigenvalue weighted by Crippen LogP contribution is -2.42. The maximum atomic E-state index is 13.5. The number of hydrogen-bond acceptors (Lipinski definition) is 4. The molecule has 3 rings (SSSR count). The smallest absolute Gasteiger partial charge is 0.410 e. The highest BCUT2D eigenvalue weighted by Crippen LogP contribution is 2.31. The van der Waals surface area contributed by atoms with Gasteiger partial charge in [-0.15, -0.1) is 0 Å². The van der Waals surface area contributed by atoms with E-state index in [-0.39, 0.29) is 17.6 Å². The molecular formula is C20H24FN3O3. The van der Waals surface area contributed by atoms with Crippen molar-refractivity contribution in [2.24, 2.45) is 5.73 Å². The molecule has 0 spiro atoms. The van der Waals surface area contributed by atoms with Crippen LogP contribution in [0.4, 0.5) is 9.18 Å². The number of carbonyl (C=O) groups is 2. The Morgan fingerprint density at radius 2 is 2.04 bits per heavy atom. The van der Waals surface area contributed by atoms with Gasteiger partial charge in [0.2, 0.25) is 0 Å². The molecule has 2 aromatic rings. The monoisotopic (exact) mass is 373 g/mol. The number of pyridine rings is 1. The number of rotatable bonds is 2. The number of benzene rings is 1. The topological polar surface area (TPSA) is 85.5 Å². The van der Waals surface area contributed by atoms with E-state index in [1.165, 1.54) is 12.1 Å². The van der Waals surface area contributed by atoms with E-state index in [1.54, 1.807) is 17.0 Å². The zero-order chi connectivity index (χ0) is 19.8. The number of halogens is 1. The molecule has 0 unspecified atom stereocenters. The van der Waals surface area contributed by atoms with Crippen molar-refractivity contribution < 1.29 is 18.7 Å². The molecule has 0 radical (unpaired) electrons. The van der Waals surface area contributed by atoms with Gasteiger partial charge in [-0.1, -0.05) is 0 Å². The molecule has 1 aliphatic heterocycles. The van der Waals surface area contributed by atoms with Crippen LogP contribution in [-0.4, -0.2) is 40.6 Å². The maximum absolute atomic E-state index is 13.5. The first kappa shape index (κ1) is 19.1. The van der Waals surface area contributed by atoms with E-state index < -0.39 is 17.3 Å². The summed E-state index contributed by atoms with van der Waals surface area (Å²) in [6, 6.07) is 5.81. The number of nitrogens with zero attached hydrogens (tertiary/aromatic N) is 2. The van der Waals surface area contributed by atoms with Crippen LogP contribution in [0.2, 0.25) is 0 Å². The van der Waals surface area contributed by atoms with Crippen molar-refractivity contribution in [3.63, 3.8) is 0 Å². The van der Waals surface area contributed by atoms with Gasteiger partial charge in [0, 0.05) is 24.4 Å². The molecule has 2 heterocycles. The van der Waals surface area contributed by atoms with Gasteiger partial charge in [-0.2, -0.15) is 0 Å². The van der Waals surface area contributed by atoms with Gasteiger partial charge in [-0.05, 0) is 57.9 Å². The molecule has 2 amide bonds. The average molecular weight is 373 g/mol. The SMILES string of the molecule is CC(C)(C)OC(=O)N1CCC[C@H](c2nc3ccc(F)cc3cc2C(N)=O)C1. The number of fused-ring (bicyclic) bond motifs is 1. The van der Waals surface area contributed by atoms with Gasteiger partial charge in [-0.25, -0.2) is 9.18 Å². The molecule has 1 aliphatic rings. The van der Waals surface area contributed by atoms with Gasteiger partial charge in [-0.3, -0.25) is 9.78 Å². The number of nitrogens with two attached hydrogens (primary N) is 1. The van der Waals surface area contributed by atoms with Gasteiger partial charge < -0.3 is 15.4 Å². The third-order valence-electron chi connectivity index (χ3n) is 4.53. The Labute approximate surface area is 157 Å². The molecule has 1 aromatic carbocycles. The summed E-state index contributed by atoms with van der Waals surface area (Å²) in [6.07, 6.45) is 1.17. The minimum absolute atomic E-state index is 0.136. The van der Waals surface area contributed by atoms with Crippen LogP contribution in [0.5, 0.6) is 0 Å². The maximum Gasteiger partial charge on any atom is 0.410 e. The van der Waals surface area contributed by atoms with E-state index in [0.29, 0.717) is 29.7 Å². The van der Waals surface area contributed by atoms with Gasteiger partial charge in [0.05, 0.1) is 16.8 Å². The predicted octanol–water partition coefficient (Wildman–Crippen LogP) is 3.59. The van der Waals surface area contributed by atoms with Gasteiger partial charge >= 0.3 is 6.09 Å². The Kier molecular flexibility index (Phi) is 5.04. The summed E-state index contributed by atoms with van der Waals surface area (Å²) in [5, 5.41) is 0.521. The minimum Gasteiger partial charge on any atom is -0.444 e. The fourth-order valence-corrected chi connectivity index (χ4v) is 3.36. The molecule has 0 saturated carbocycles. The summed E-state index contributed by atoms with van der Waals surface area (Å²) in [7, 11) is 0. The van der Waals surface area contributed by atoms with Crippen molar-refractivity contribution in [3.05, 3.63) is 41.3 Å². The average Bonchev–Trinajstić information content (AvgIpc) is 2.59. The third kappa shape index (κ3) is 4.35. The van der Waals surface area contributed by atoms with Crippen molar-refractivity contribution in [2.75, 3.05) is 13.1 Å². The lowest BCUT2D eigenvalue weighted by atomic mass is 9.90. The zero-order valence-electron chi connectivity index (χ0n) is 15.8. The number of carbonyl (C=O) groups excluding carboxylic acids is 2. The van der Waals surface area contributed by atoms with Gasteiger partial charge in [0.1, 0.15) is 11.4 Å². The lowest BCUT2D eigenvalue weighted by Gasteiger charge is -2.34. The summed E-state index contributed by atoms with van der Waals surface area (Å²) < 4.78 is 19.0. The standard InChI is InChI=1S/C20H24FN3O3/c1-20(2,3)27-19(26)24-8-4-5-12(11-24)17-15(18(22)25)10-13-9-14(21)6-7-16(13)23-17/h6-7,9-10,12H,4-5,8,11H2,1-3H3,(H2,22,25)/t12-/m0/s1. The van der Waals surface area contributed by atoms with Crippen molar-refractivity contribution in [2.45, 2.75) is 45.1 Å². The van der Waals surface area contributed by atoms with Gasteiger partial charge in [0.15, 0.2) is 0 Å².